The van der Waals surface area contributed by atoms with Crippen LogP contribution in [0, 0.1) is 5.92 Å². The molecule has 0 aromatic carbocycles. The largest absolute Gasteiger partial charge is 0.354 e. The molecule has 2 aliphatic rings. The first-order valence-electron chi connectivity index (χ1n) is 10.0. The van der Waals surface area contributed by atoms with Crippen LogP contribution in [-0.4, -0.2) is 39.2 Å². The van der Waals surface area contributed by atoms with Gasteiger partial charge in [-0.2, -0.15) is 5.10 Å². The van der Waals surface area contributed by atoms with Gasteiger partial charge in [0.1, 0.15) is 0 Å². The van der Waals surface area contributed by atoms with Crippen LogP contribution >= 0.6 is 11.3 Å². The van der Waals surface area contributed by atoms with Gasteiger partial charge in [0.25, 0.3) is 0 Å². The highest BCUT2D eigenvalue weighted by Crippen LogP contribution is 2.28. The molecule has 3 aromatic rings. The van der Waals surface area contributed by atoms with E-state index in [2.05, 4.69) is 36.4 Å². The number of aromatic nitrogens is 4. The van der Waals surface area contributed by atoms with Crippen LogP contribution in [0.1, 0.15) is 30.5 Å². The molecule has 0 saturated carbocycles. The van der Waals surface area contributed by atoms with E-state index in [4.69, 9.17) is 0 Å². The maximum Gasteiger partial charge on any atom is 0.231 e. The van der Waals surface area contributed by atoms with Gasteiger partial charge in [-0.1, -0.05) is 0 Å². The van der Waals surface area contributed by atoms with Gasteiger partial charge in [-0.05, 0) is 55.9 Å². The molecule has 7 nitrogen and oxygen atoms in total. The molecule has 8 heteroatoms. The molecule has 1 N–H and O–H groups in total. The fourth-order valence-corrected chi connectivity index (χ4v) is 4.78. The molecule has 1 fully saturated rings. The smallest absolute Gasteiger partial charge is 0.231 e. The summed E-state index contributed by atoms with van der Waals surface area (Å²) >= 11 is 1.44. The van der Waals surface area contributed by atoms with Crippen molar-refractivity contribution in [2.45, 2.75) is 32.1 Å². The Balaban J connectivity index is 1.25. The first-order valence-corrected chi connectivity index (χ1v) is 10.9. The fourth-order valence-electron chi connectivity index (χ4n) is 4.06. The molecular formula is C21H22N6OS. The van der Waals surface area contributed by atoms with E-state index in [1.165, 1.54) is 16.9 Å². The lowest BCUT2D eigenvalue weighted by molar-refractivity contribution is -0.120. The van der Waals surface area contributed by atoms with Crippen molar-refractivity contribution in [2.24, 2.45) is 5.92 Å². The first-order chi connectivity index (χ1) is 14.3. The van der Waals surface area contributed by atoms with Gasteiger partial charge in [0.15, 0.2) is 10.9 Å². The Kier molecular flexibility index (Phi) is 4.93. The molecule has 1 unspecified atom stereocenters. The number of rotatable bonds is 4. The van der Waals surface area contributed by atoms with Gasteiger partial charge in [0.05, 0.1) is 17.3 Å². The molecular weight excluding hydrogens is 384 g/mol. The molecule has 1 atom stereocenters. The molecule has 3 aromatic heterocycles. The van der Waals surface area contributed by atoms with E-state index in [0.29, 0.717) is 11.7 Å². The third-order valence-corrected chi connectivity index (χ3v) is 6.37. The number of piperidine rings is 1. The molecule has 5 rings (SSSR count). The maximum absolute atomic E-state index is 12.9. The summed E-state index contributed by atoms with van der Waals surface area (Å²) in [4.78, 5) is 23.7. The monoisotopic (exact) mass is 406 g/mol. The Hall–Kier alpha value is -2.87. The van der Waals surface area contributed by atoms with Crippen LogP contribution < -0.4 is 10.2 Å². The summed E-state index contributed by atoms with van der Waals surface area (Å²) in [5, 5.41) is 14.4. The van der Waals surface area contributed by atoms with Gasteiger partial charge >= 0.3 is 0 Å². The van der Waals surface area contributed by atoms with Crippen molar-refractivity contribution in [2.75, 3.05) is 23.3 Å². The minimum absolute atomic E-state index is 0.0240. The number of hydrogen-bond donors (Lipinski definition) is 1. The number of aryl methyl sites for hydroxylation is 2. The highest BCUT2D eigenvalue weighted by atomic mass is 32.1. The molecule has 1 amide bonds. The van der Waals surface area contributed by atoms with E-state index in [1.54, 1.807) is 12.4 Å². The van der Waals surface area contributed by atoms with Crippen molar-refractivity contribution in [3.05, 3.63) is 47.2 Å². The number of nitrogens with one attached hydrogen (secondary N) is 1. The van der Waals surface area contributed by atoms with Crippen molar-refractivity contribution in [1.82, 2.24) is 20.2 Å². The lowest BCUT2D eigenvalue weighted by Crippen LogP contribution is -2.41. The number of nitrogens with zero attached hydrogens (tertiary/aromatic N) is 5. The summed E-state index contributed by atoms with van der Waals surface area (Å²) < 4.78 is 0. The SMILES string of the molecule is O=C(Nc1nc(-c2cccnc2)cs1)C1CCCN(c2cc3c(nn2)CCC3)C1. The Labute approximate surface area is 173 Å². The summed E-state index contributed by atoms with van der Waals surface area (Å²) in [7, 11) is 0. The second kappa shape index (κ2) is 7.87. The van der Waals surface area contributed by atoms with Crippen LogP contribution in [0.25, 0.3) is 11.3 Å². The predicted molar refractivity (Wildman–Crippen MR) is 113 cm³/mol. The lowest BCUT2D eigenvalue weighted by atomic mass is 9.97. The van der Waals surface area contributed by atoms with E-state index in [0.717, 1.165) is 61.4 Å². The van der Waals surface area contributed by atoms with E-state index in [1.807, 2.05) is 17.5 Å². The van der Waals surface area contributed by atoms with Crippen molar-refractivity contribution in [3.63, 3.8) is 0 Å². The van der Waals surface area contributed by atoms with Crippen molar-refractivity contribution >= 4 is 28.2 Å². The van der Waals surface area contributed by atoms with Crippen LogP contribution in [0.4, 0.5) is 10.9 Å². The molecule has 0 spiro atoms. The van der Waals surface area contributed by atoms with E-state index < -0.39 is 0 Å². The highest BCUT2D eigenvalue weighted by Gasteiger charge is 2.28. The number of carbonyl (C=O) groups is 1. The third kappa shape index (κ3) is 3.85. The van der Waals surface area contributed by atoms with Crippen molar-refractivity contribution < 1.29 is 4.79 Å². The lowest BCUT2D eigenvalue weighted by Gasteiger charge is -2.32. The zero-order chi connectivity index (χ0) is 19.6. The average Bonchev–Trinajstić information content (AvgIpc) is 3.43. The molecule has 4 heterocycles. The number of amides is 1. The van der Waals surface area contributed by atoms with Crippen LogP contribution in [0.3, 0.4) is 0 Å². The number of hydrogen-bond acceptors (Lipinski definition) is 7. The van der Waals surface area contributed by atoms with Gasteiger partial charge in [-0.3, -0.25) is 9.78 Å². The van der Waals surface area contributed by atoms with Crippen LogP contribution in [0.2, 0.25) is 0 Å². The zero-order valence-electron chi connectivity index (χ0n) is 16.0. The number of fused-ring (bicyclic) bond motifs is 1. The molecule has 0 bridgehead atoms. The topological polar surface area (TPSA) is 83.9 Å². The van der Waals surface area contributed by atoms with E-state index >= 15 is 0 Å². The summed E-state index contributed by atoms with van der Waals surface area (Å²) in [6, 6.07) is 6.01. The van der Waals surface area contributed by atoms with E-state index in [9.17, 15) is 4.79 Å². The second-order valence-electron chi connectivity index (χ2n) is 7.58. The number of carbonyl (C=O) groups excluding carboxylic acids is 1. The van der Waals surface area contributed by atoms with Crippen molar-refractivity contribution in [3.8, 4) is 11.3 Å². The van der Waals surface area contributed by atoms with Gasteiger partial charge in [-0.15, -0.1) is 16.4 Å². The molecule has 1 aliphatic heterocycles. The van der Waals surface area contributed by atoms with Crippen LogP contribution in [0.15, 0.2) is 36.0 Å². The molecule has 148 valence electrons. The summed E-state index contributed by atoms with van der Waals surface area (Å²) in [5.74, 6) is 0.844. The standard InChI is InChI=1S/C21H22N6OS/c28-20(24-21-23-18(13-29-21)15-5-2-8-22-11-15)16-6-3-9-27(12-16)19-10-14-4-1-7-17(14)25-26-19/h2,5,8,10-11,13,16H,1,3-4,6-7,9,12H2,(H,23,24,28). The second-order valence-corrected chi connectivity index (χ2v) is 8.44. The Bertz CT molecular complexity index is 1020. The van der Waals surface area contributed by atoms with Crippen LogP contribution in [-0.2, 0) is 17.6 Å². The van der Waals surface area contributed by atoms with Gasteiger partial charge in [0.2, 0.25) is 5.91 Å². The molecule has 29 heavy (non-hydrogen) atoms. The molecule has 1 saturated heterocycles. The quantitative estimate of drug-likeness (QED) is 0.715. The Morgan fingerprint density at radius 3 is 3.10 bits per heavy atom. The minimum Gasteiger partial charge on any atom is -0.354 e. The van der Waals surface area contributed by atoms with Crippen molar-refractivity contribution in [1.29, 1.82) is 0 Å². The minimum atomic E-state index is -0.0791. The Morgan fingerprint density at radius 2 is 2.21 bits per heavy atom. The molecule has 0 radical (unpaired) electrons. The summed E-state index contributed by atoms with van der Waals surface area (Å²) in [5.41, 5.74) is 4.22. The highest BCUT2D eigenvalue weighted by molar-refractivity contribution is 7.14. The maximum atomic E-state index is 12.9. The van der Waals surface area contributed by atoms with E-state index in [-0.39, 0.29) is 11.8 Å². The number of anilines is 2. The third-order valence-electron chi connectivity index (χ3n) is 5.61. The van der Waals surface area contributed by atoms with Gasteiger partial charge in [0, 0.05) is 36.4 Å². The predicted octanol–water partition coefficient (Wildman–Crippen LogP) is 3.34. The first kappa shape index (κ1) is 18.2. The molecule has 1 aliphatic carbocycles. The summed E-state index contributed by atoms with van der Waals surface area (Å²) in [6.45, 7) is 1.58. The normalized spacial score (nSPS) is 18.5. The van der Waals surface area contributed by atoms with Gasteiger partial charge < -0.3 is 10.2 Å². The van der Waals surface area contributed by atoms with Crippen LogP contribution in [0.5, 0.6) is 0 Å². The van der Waals surface area contributed by atoms with Gasteiger partial charge in [-0.25, -0.2) is 4.98 Å². The zero-order valence-corrected chi connectivity index (χ0v) is 16.9. The average molecular weight is 407 g/mol. The number of thiazole rings is 1. The Morgan fingerprint density at radius 1 is 1.24 bits per heavy atom. The number of pyridine rings is 1. The fraction of sp³-hybridized carbons (Fsp3) is 0.381. The summed E-state index contributed by atoms with van der Waals surface area (Å²) in [6.07, 6.45) is 8.63.